The first-order valence-electron chi connectivity index (χ1n) is 8.13. The molecule has 0 radical (unpaired) electrons. The van der Waals surface area contributed by atoms with E-state index in [0.29, 0.717) is 6.54 Å². The predicted octanol–water partition coefficient (Wildman–Crippen LogP) is 1.57. The van der Waals surface area contributed by atoms with Gasteiger partial charge in [0.25, 0.3) is 0 Å². The Labute approximate surface area is 146 Å². The van der Waals surface area contributed by atoms with E-state index in [2.05, 4.69) is 30.6 Å². The van der Waals surface area contributed by atoms with E-state index in [1.165, 1.54) is 0 Å². The van der Waals surface area contributed by atoms with Crippen LogP contribution in [0.1, 0.15) is 11.3 Å². The van der Waals surface area contributed by atoms with E-state index in [-0.39, 0.29) is 0 Å². The largest absolute Gasteiger partial charge is 0.356 e. The first kappa shape index (κ1) is 16.6. The average Bonchev–Trinajstić information content (AvgIpc) is 3.20. The van der Waals surface area contributed by atoms with Gasteiger partial charge in [0.15, 0.2) is 5.96 Å². The molecule has 3 aromatic heterocycles. The molecule has 7 nitrogen and oxygen atoms in total. The molecule has 3 heterocycles. The van der Waals surface area contributed by atoms with Gasteiger partial charge < -0.3 is 10.6 Å². The van der Waals surface area contributed by atoms with Gasteiger partial charge in [0.1, 0.15) is 12.1 Å². The molecule has 0 spiro atoms. The molecule has 0 aliphatic carbocycles. The van der Waals surface area contributed by atoms with Crippen molar-refractivity contribution < 1.29 is 0 Å². The number of hydrogen-bond acceptors (Lipinski definition) is 4. The lowest BCUT2D eigenvalue weighted by atomic mass is 10.2. The number of guanidine groups is 1. The maximum absolute atomic E-state index is 4.44. The van der Waals surface area contributed by atoms with Crippen molar-refractivity contribution in [3.05, 3.63) is 72.7 Å². The van der Waals surface area contributed by atoms with Crippen LogP contribution in [0.15, 0.2) is 66.4 Å². The van der Waals surface area contributed by atoms with Crippen LogP contribution >= 0.6 is 0 Å². The Morgan fingerprint density at radius 2 is 2.08 bits per heavy atom. The molecular formula is C18H21N7. The lowest BCUT2D eigenvalue weighted by molar-refractivity contribution is 0.782. The lowest BCUT2D eigenvalue weighted by Crippen LogP contribution is -2.37. The standard InChI is InChI=1S/C18H21N7/c1-19-18(22-9-7-16-4-2-3-8-21-16)24-13-15-5-6-17(23-12-15)25-11-10-20-14-25/h2-6,8,10-12,14H,7,9,13H2,1H3,(H2,19,22,24). The topological polar surface area (TPSA) is 80.0 Å². The van der Waals surface area contributed by atoms with E-state index in [1.54, 1.807) is 19.6 Å². The minimum atomic E-state index is 0.653. The molecule has 128 valence electrons. The third-order valence-corrected chi connectivity index (χ3v) is 3.66. The summed E-state index contributed by atoms with van der Waals surface area (Å²) >= 11 is 0. The molecule has 0 aliphatic heterocycles. The molecular weight excluding hydrogens is 314 g/mol. The summed E-state index contributed by atoms with van der Waals surface area (Å²) in [4.78, 5) is 17.0. The quantitative estimate of drug-likeness (QED) is 0.528. The Hall–Kier alpha value is -3.22. The lowest BCUT2D eigenvalue weighted by Gasteiger charge is -2.12. The first-order valence-corrected chi connectivity index (χ1v) is 8.13. The van der Waals surface area contributed by atoms with E-state index in [1.807, 2.05) is 53.5 Å². The number of pyridine rings is 2. The van der Waals surface area contributed by atoms with Crippen LogP contribution in [-0.4, -0.2) is 39.1 Å². The van der Waals surface area contributed by atoms with Gasteiger partial charge in [-0.3, -0.25) is 14.5 Å². The van der Waals surface area contributed by atoms with Crippen LogP contribution < -0.4 is 10.6 Å². The van der Waals surface area contributed by atoms with Crippen molar-refractivity contribution in [2.45, 2.75) is 13.0 Å². The van der Waals surface area contributed by atoms with Crippen LogP contribution in [0, 0.1) is 0 Å². The zero-order chi connectivity index (χ0) is 17.3. The van der Waals surface area contributed by atoms with Crippen molar-refractivity contribution in [3.63, 3.8) is 0 Å². The van der Waals surface area contributed by atoms with E-state index < -0.39 is 0 Å². The van der Waals surface area contributed by atoms with Crippen LogP contribution in [0.4, 0.5) is 0 Å². The molecule has 2 N–H and O–H groups in total. The molecule has 3 aromatic rings. The maximum atomic E-state index is 4.44. The van der Waals surface area contributed by atoms with Crippen LogP contribution in [-0.2, 0) is 13.0 Å². The Bertz CT molecular complexity index is 780. The Kier molecular flexibility index (Phi) is 5.71. The second-order valence-corrected chi connectivity index (χ2v) is 5.42. The number of rotatable bonds is 6. The smallest absolute Gasteiger partial charge is 0.191 e. The van der Waals surface area contributed by atoms with Gasteiger partial charge in [-0.15, -0.1) is 0 Å². The van der Waals surface area contributed by atoms with Gasteiger partial charge >= 0.3 is 0 Å². The highest BCUT2D eigenvalue weighted by Gasteiger charge is 2.01. The highest BCUT2D eigenvalue weighted by molar-refractivity contribution is 5.79. The normalized spacial score (nSPS) is 11.3. The first-order chi connectivity index (χ1) is 12.3. The highest BCUT2D eigenvalue weighted by atomic mass is 15.2. The van der Waals surface area contributed by atoms with Gasteiger partial charge in [0.2, 0.25) is 0 Å². The molecule has 25 heavy (non-hydrogen) atoms. The summed E-state index contributed by atoms with van der Waals surface area (Å²) in [5.74, 6) is 1.61. The molecule has 7 heteroatoms. The van der Waals surface area contributed by atoms with Crippen molar-refractivity contribution >= 4 is 5.96 Å². The number of aliphatic imine (C=N–C) groups is 1. The third kappa shape index (κ3) is 4.87. The monoisotopic (exact) mass is 335 g/mol. The fourth-order valence-electron chi connectivity index (χ4n) is 2.33. The van der Waals surface area contributed by atoms with Crippen LogP contribution in [0.25, 0.3) is 5.82 Å². The zero-order valence-electron chi connectivity index (χ0n) is 14.1. The number of aromatic nitrogens is 4. The average molecular weight is 335 g/mol. The fourth-order valence-corrected chi connectivity index (χ4v) is 2.33. The van der Waals surface area contributed by atoms with E-state index in [9.17, 15) is 0 Å². The van der Waals surface area contributed by atoms with Crippen molar-refractivity contribution in [2.75, 3.05) is 13.6 Å². The van der Waals surface area contributed by atoms with Gasteiger partial charge in [-0.25, -0.2) is 9.97 Å². The summed E-state index contributed by atoms with van der Waals surface area (Å²) in [5, 5.41) is 6.57. The van der Waals surface area contributed by atoms with Crippen LogP contribution in [0.5, 0.6) is 0 Å². The summed E-state index contributed by atoms with van der Waals surface area (Å²) < 4.78 is 1.87. The molecule has 0 bridgehead atoms. The number of hydrogen-bond donors (Lipinski definition) is 2. The van der Waals surface area contributed by atoms with Crippen molar-refractivity contribution in [3.8, 4) is 5.82 Å². The highest BCUT2D eigenvalue weighted by Crippen LogP contribution is 2.05. The molecule has 0 aromatic carbocycles. The summed E-state index contributed by atoms with van der Waals surface area (Å²) in [6.45, 7) is 1.43. The number of imidazole rings is 1. The summed E-state index contributed by atoms with van der Waals surface area (Å²) in [6.07, 6.45) is 9.84. The third-order valence-electron chi connectivity index (χ3n) is 3.66. The van der Waals surface area contributed by atoms with Gasteiger partial charge in [0, 0.05) is 57.0 Å². The van der Waals surface area contributed by atoms with Crippen LogP contribution in [0.3, 0.4) is 0 Å². The van der Waals surface area contributed by atoms with Gasteiger partial charge in [-0.05, 0) is 23.8 Å². The molecule has 0 aliphatic rings. The van der Waals surface area contributed by atoms with E-state index in [0.717, 1.165) is 36.0 Å². The van der Waals surface area contributed by atoms with Crippen molar-refractivity contribution in [2.24, 2.45) is 4.99 Å². The number of nitrogens with one attached hydrogen (secondary N) is 2. The Morgan fingerprint density at radius 3 is 2.76 bits per heavy atom. The molecule has 0 atom stereocenters. The van der Waals surface area contributed by atoms with E-state index in [4.69, 9.17) is 0 Å². The van der Waals surface area contributed by atoms with Crippen molar-refractivity contribution in [1.29, 1.82) is 0 Å². The summed E-state index contributed by atoms with van der Waals surface area (Å²) in [5.41, 5.74) is 2.14. The second-order valence-electron chi connectivity index (χ2n) is 5.42. The Morgan fingerprint density at radius 1 is 1.12 bits per heavy atom. The minimum Gasteiger partial charge on any atom is -0.356 e. The number of nitrogens with zero attached hydrogens (tertiary/aromatic N) is 5. The zero-order valence-corrected chi connectivity index (χ0v) is 14.1. The van der Waals surface area contributed by atoms with Gasteiger partial charge in [0.05, 0.1) is 0 Å². The van der Waals surface area contributed by atoms with E-state index >= 15 is 0 Å². The molecule has 0 amide bonds. The predicted molar refractivity (Wildman–Crippen MR) is 97.5 cm³/mol. The fraction of sp³-hybridized carbons (Fsp3) is 0.222. The summed E-state index contributed by atoms with van der Waals surface area (Å²) in [7, 11) is 1.76. The maximum Gasteiger partial charge on any atom is 0.191 e. The van der Waals surface area contributed by atoms with Gasteiger partial charge in [-0.1, -0.05) is 12.1 Å². The SMILES string of the molecule is CN=C(NCCc1ccccn1)NCc1ccc(-n2ccnc2)nc1. The Balaban J connectivity index is 1.46. The van der Waals surface area contributed by atoms with Crippen LogP contribution in [0.2, 0.25) is 0 Å². The minimum absolute atomic E-state index is 0.653. The molecule has 0 saturated heterocycles. The molecule has 0 fully saturated rings. The molecule has 3 rings (SSSR count). The second kappa shape index (κ2) is 8.58. The van der Waals surface area contributed by atoms with Crippen molar-refractivity contribution in [1.82, 2.24) is 30.2 Å². The summed E-state index contributed by atoms with van der Waals surface area (Å²) in [6, 6.07) is 9.94. The van der Waals surface area contributed by atoms with Gasteiger partial charge in [-0.2, -0.15) is 0 Å². The molecule has 0 unspecified atom stereocenters. The molecule has 0 saturated carbocycles.